The van der Waals surface area contributed by atoms with E-state index in [1.165, 1.54) is 19.3 Å². The summed E-state index contributed by atoms with van der Waals surface area (Å²) in [7, 11) is 0. The van der Waals surface area contributed by atoms with E-state index in [4.69, 9.17) is 9.47 Å². The van der Waals surface area contributed by atoms with E-state index in [1.54, 1.807) is 0 Å². The topological polar surface area (TPSA) is 35.5 Å². The first-order valence-electron chi connectivity index (χ1n) is 6.54. The van der Waals surface area contributed by atoms with Crippen LogP contribution in [0.5, 0.6) is 0 Å². The largest absolute Gasteiger partial charge is 0.466 e. The molecule has 0 heterocycles. The molecule has 0 N–H and O–H groups in total. The fourth-order valence-electron chi connectivity index (χ4n) is 1.29. The van der Waals surface area contributed by atoms with Crippen LogP contribution in [0.1, 0.15) is 58.8 Å². The van der Waals surface area contributed by atoms with Gasteiger partial charge in [0.15, 0.2) is 0 Å². The molecule has 0 amide bonds. The average molecular weight is 230 g/mol. The van der Waals surface area contributed by atoms with Crippen LogP contribution >= 0.6 is 0 Å². The highest BCUT2D eigenvalue weighted by Crippen LogP contribution is 1.99. The number of rotatable bonds is 11. The molecule has 0 spiro atoms. The lowest BCUT2D eigenvalue weighted by molar-refractivity contribution is -0.144. The van der Waals surface area contributed by atoms with Crippen molar-refractivity contribution in [2.45, 2.75) is 58.8 Å². The molecule has 3 nitrogen and oxygen atoms in total. The number of esters is 1. The molecular formula is C13H26O3. The molecule has 0 bridgehead atoms. The highest BCUT2D eigenvalue weighted by atomic mass is 16.5. The quantitative estimate of drug-likeness (QED) is 0.403. The van der Waals surface area contributed by atoms with Crippen LogP contribution in [-0.2, 0) is 14.3 Å². The molecule has 16 heavy (non-hydrogen) atoms. The Balaban J connectivity index is 3.09. The Kier molecular flexibility index (Phi) is 12.1. The molecule has 0 atom stereocenters. The van der Waals surface area contributed by atoms with Crippen molar-refractivity contribution in [2.24, 2.45) is 0 Å². The van der Waals surface area contributed by atoms with Crippen molar-refractivity contribution in [1.29, 1.82) is 0 Å². The summed E-state index contributed by atoms with van der Waals surface area (Å²) in [4.78, 5) is 11.2. The maximum Gasteiger partial charge on any atom is 0.308 e. The van der Waals surface area contributed by atoms with Crippen LogP contribution in [0.2, 0.25) is 0 Å². The minimum absolute atomic E-state index is 0.137. The second-order valence-corrected chi connectivity index (χ2v) is 4.00. The summed E-state index contributed by atoms with van der Waals surface area (Å²) in [5.41, 5.74) is 0. The van der Waals surface area contributed by atoms with Crippen molar-refractivity contribution >= 4 is 5.97 Å². The first-order chi connectivity index (χ1) is 7.81. The van der Waals surface area contributed by atoms with Crippen molar-refractivity contribution in [1.82, 2.24) is 0 Å². The van der Waals surface area contributed by atoms with Gasteiger partial charge in [-0.05, 0) is 12.8 Å². The molecule has 0 aliphatic heterocycles. The number of hydrogen-bond donors (Lipinski definition) is 0. The smallest absolute Gasteiger partial charge is 0.308 e. The number of hydrogen-bond acceptors (Lipinski definition) is 3. The highest BCUT2D eigenvalue weighted by Gasteiger charge is 2.01. The van der Waals surface area contributed by atoms with E-state index in [1.807, 2.05) is 0 Å². The normalized spacial score (nSPS) is 10.4. The van der Waals surface area contributed by atoms with Crippen molar-refractivity contribution in [2.75, 3.05) is 19.8 Å². The Morgan fingerprint density at radius 2 is 1.62 bits per heavy atom. The standard InChI is InChI=1S/C13H26O3/c1-3-5-7-8-10-15-12-9-13(14)16-11-6-4-2/h3-12H2,1-2H3. The third-order valence-corrected chi connectivity index (χ3v) is 2.35. The molecule has 0 rings (SSSR count). The van der Waals surface area contributed by atoms with Gasteiger partial charge in [0.25, 0.3) is 0 Å². The third-order valence-electron chi connectivity index (χ3n) is 2.35. The Bertz CT molecular complexity index is 157. The Morgan fingerprint density at radius 1 is 0.875 bits per heavy atom. The van der Waals surface area contributed by atoms with Crippen LogP contribution < -0.4 is 0 Å². The summed E-state index contributed by atoms with van der Waals surface area (Å²) >= 11 is 0. The van der Waals surface area contributed by atoms with Gasteiger partial charge in [0.1, 0.15) is 0 Å². The van der Waals surface area contributed by atoms with Crippen LogP contribution in [0.4, 0.5) is 0 Å². The van der Waals surface area contributed by atoms with Gasteiger partial charge in [-0.2, -0.15) is 0 Å². The fourth-order valence-corrected chi connectivity index (χ4v) is 1.29. The maximum absolute atomic E-state index is 11.2. The monoisotopic (exact) mass is 230 g/mol. The number of unbranched alkanes of at least 4 members (excludes halogenated alkanes) is 4. The van der Waals surface area contributed by atoms with Gasteiger partial charge in [-0.1, -0.05) is 39.5 Å². The van der Waals surface area contributed by atoms with Crippen LogP contribution in [0, 0.1) is 0 Å². The predicted molar refractivity (Wildman–Crippen MR) is 65.4 cm³/mol. The summed E-state index contributed by atoms with van der Waals surface area (Å²) in [5.74, 6) is -0.137. The molecule has 0 aromatic carbocycles. The van der Waals surface area contributed by atoms with E-state index < -0.39 is 0 Å². The van der Waals surface area contributed by atoms with Crippen molar-refractivity contribution in [3.05, 3.63) is 0 Å². The van der Waals surface area contributed by atoms with Crippen LogP contribution in [-0.4, -0.2) is 25.8 Å². The zero-order valence-electron chi connectivity index (χ0n) is 10.8. The van der Waals surface area contributed by atoms with E-state index in [0.29, 0.717) is 19.6 Å². The van der Waals surface area contributed by atoms with Crippen LogP contribution in [0.25, 0.3) is 0 Å². The molecule has 0 radical (unpaired) electrons. The lowest BCUT2D eigenvalue weighted by Crippen LogP contribution is -2.09. The van der Waals surface area contributed by atoms with Crippen LogP contribution in [0.3, 0.4) is 0 Å². The van der Waals surface area contributed by atoms with Crippen molar-refractivity contribution in [3.63, 3.8) is 0 Å². The van der Waals surface area contributed by atoms with E-state index in [0.717, 1.165) is 25.9 Å². The van der Waals surface area contributed by atoms with Gasteiger partial charge < -0.3 is 9.47 Å². The molecule has 0 saturated carbocycles. The van der Waals surface area contributed by atoms with Gasteiger partial charge >= 0.3 is 5.97 Å². The molecule has 0 fully saturated rings. The third kappa shape index (κ3) is 11.5. The molecular weight excluding hydrogens is 204 g/mol. The lowest BCUT2D eigenvalue weighted by Gasteiger charge is -2.05. The lowest BCUT2D eigenvalue weighted by atomic mass is 10.2. The summed E-state index contributed by atoms with van der Waals surface area (Å²) in [6.07, 6.45) is 7.21. The molecule has 0 aliphatic carbocycles. The van der Waals surface area contributed by atoms with Crippen molar-refractivity contribution in [3.8, 4) is 0 Å². The van der Waals surface area contributed by atoms with Gasteiger partial charge in [-0.25, -0.2) is 0 Å². The second kappa shape index (κ2) is 12.5. The summed E-state index contributed by atoms with van der Waals surface area (Å²) in [6.45, 7) is 6.07. The molecule has 0 saturated heterocycles. The molecule has 0 aliphatic rings. The second-order valence-electron chi connectivity index (χ2n) is 4.00. The Morgan fingerprint density at radius 3 is 2.31 bits per heavy atom. The van der Waals surface area contributed by atoms with E-state index >= 15 is 0 Å². The number of carbonyl (C=O) groups is 1. The fraction of sp³-hybridized carbons (Fsp3) is 0.923. The van der Waals surface area contributed by atoms with E-state index in [-0.39, 0.29) is 5.97 Å². The van der Waals surface area contributed by atoms with Crippen molar-refractivity contribution < 1.29 is 14.3 Å². The van der Waals surface area contributed by atoms with Gasteiger partial charge in [0.2, 0.25) is 0 Å². The average Bonchev–Trinajstić information content (AvgIpc) is 2.28. The first kappa shape index (κ1) is 15.4. The molecule has 0 aromatic rings. The molecule has 0 aromatic heterocycles. The maximum atomic E-state index is 11.2. The Labute approximate surface area is 99.5 Å². The molecule has 3 heteroatoms. The van der Waals surface area contributed by atoms with Crippen LogP contribution in [0.15, 0.2) is 0 Å². The highest BCUT2D eigenvalue weighted by molar-refractivity contribution is 5.69. The van der Waals surface area contributed by atoms with E-state index in [2.05, 4.69) is 13.8 Å². The first-order valence-corrected chi connectivity index (χ1v) is 6.54. The number of ether oxygens (including phenoxy) is 2. The van der Waals surface area contributed by atoms with E-state index in [9.17, 15) is 4.79 Å². The Hall–Kier alpha value is -0.570. The zero-order chi connectivity index (χ0) is 12.1. The zero-order valence-corrected chi connectivity index (χ0v) is 10.8. The van der Waals surface area contributed by atoms with Gasteiger partial charge in [-0.15, -0.1) is 0 Å². The minimum atomic E-state index is -0.137. The molecule has 96 valence electrons. The number of carbonyl (C=O) groups excluding carboxylic acids is 1. The summed E-state index contributed by atoms with van der Waals surface area (Å²) in [6, 6.07) is 0. The minimum Gasteiger partial charge on any atom is -0.466 e. The SMILES string of the molecule is CCCCCCOCCC(=O)OCCCC. The van der Waals surface area contributed by atoms with Gasteiger partial charge in [-0.3, -0.25) is 4.79 Å². The predicted octanol–water partition coefficient (Wildman–Crippen LogP) is 3.32. The van der Waals surface area contributed by atoms with Gasteiger partial charge in [0, 0.05) is 6.61 Å². The summed E-state index contributed by atoms with van der Waals surface area (Å²) in [5, 5.41) is 0. The molecule has 0 unspecified atom stereocenters. The van der Waals surface area contributed by atoms with Gasteiger partial charge in [0.05, 0.1) is 19.6 Å². The summed E-state index contributed by atoms with van der Waals surface area (Å²) < 4.78 is 10.4.